The Morgan fingerprint density at radius 2 is 2.20 bits per heavy atom. The summed E-state index contributed by atoms with van der Waals surface area (Å²) in [5, 5.41) is 9.91. The van der Waals surface area contributed by atoms with Crippen LogP contribution in [0.1, 0.15) is 10.5 Å². The van der Waals surface area contributed by atoms with Gasteiger partial charge in [-0.25, -0.2) is 4.79 Å². The second-order valence-electron chi connectivity index (χ2n) is 3.36. The number of nitrogens with zero attached hydrogens (tertiary/aromatic N) is 2. The number of carboxylic acids is 1. The molecule has 4 nitrogen and oxygen atoms in total. The van der Waals surface area contributed by atoms with Gasteiger partial charge in [-0.15, -0.1) is 4.68 Å². The van der Waals surface area contributed by atoms with Crippen LogP contribution >= 0.6 is 22.6 Å². The third-order valence-corrected chi connectivity index (χ3v) is 3.21. The molecule has 0 aliphatic rings. The Morgan fingerprint density at radius 3 is 2.80 bits per heavy atom. The van der Waals surface area contributed by atoms with Crippen LogP contribution in [-0.4, -0.2) is 15.8 Å². The topological polar surface area (TPSA) is 46.1 Å². The molecule has 0 radical (unpaired) electrons. The molecular formula is C10H10IN2O2+. The van der Waals surface area contributed by atoms with Gasteiger partial charge >= 0.3 is 11.7 Å². The number of benzene rings is 1. The van der Waals surface area contributed by atoms with Crippen molar-refractivity contribution in [1.82, 2.24) is 4.68 Å². The average Bonchev–Trinajstić information content (AvgIpc) is 2.39. The molecule has 0 unspecified atom stereocenters. The number of hydrogen-bond acceptors (Lipinski definition) is 1. The van der Waals surface area contributed by atoms with Crippen LogP contribution in [0.2, 0.25) is 0 Å². The first-order valence-corrected chi connectivity index (χ1v) is 5.48. The zero-order valence-corrected chi connectivity index (χ0v) is 10.5. The molecule has 0 saturated heterocycles. The first-order chi connectivity index (χ1) is 7.02. The number of aromatic carboxylic acids is 1. The average molecular weight is 317 g/mol. The van der Waals surface area contributed by atoms with Gasteiger partial charge in [0.25, 0.3) is 0 Å². The fourth-order valence-corrected chi connectivity index (χ4v) is 2.21. The third-order valence-electron chi connectivity index (χ3n) is 2.54. The number of rotatable bonds is 1. The van der Waals surface area contributed by atoms with Gasteiger partial charge in [0.1, 0.15) is 5.52 Å². The summed E-state index contributed by atoms with van der Waals surface area (Å²) in [6.07, 6.45) is 0. The van der Waals surface area contributed by atoms with Crippen molar-refractivity contribution in [2.45, 2.75) is 0 Å². The normalized spacial score (nSPS) is 10.9. The van der Waals surface area contributed by atoms with Gasteiger partial charge < -0.3 is 5.11 Å². The zero-order valence-electron chi connectivity index (χ0n) is 8.36. The molecule has 2 rings (SSSR count). The Kier molecular flexibility index (Phi) is 2.41. The maximum atomic E-state index is 11.1. The predicted molar refractivity (Wildman–Crippen MR) is 63.8 cm³/mol. The minimum Gasteiger partial charge on any atom is -0.473 e. The molecule has 1 N–H and O–H groups in total. The van der Waals surface area contributed by atoms with Gasteiger partial charge in [-0.2, -0.15) is 4.68 Å². The lowest BCUT2D eigenvalue weighted by molar-refractivity contribution is -0.750. The minimum atomic E-state index is -0.898. The van der Waals surface area contributed by atoms with E-state index in [9.17, 15) is 4.79 Å². The predicted octanol–water partition coefficient (Wildman–Crippen LogP) is 1.31. The van der Waals surface area contributed by atoms with Crippen molar-refractivity contribution in [3.8, 4) is 0 Å². The maximum Gasteiger partial charge on any atom is 0.404 e. The quantitative estimate of drug-likeness (QED) is 0.637. The lowest BCUT2D eigenvalue weighted by Crippen LogP contribution is -2.42. The van der Waals surface area contributed by atoms with E-state index in [0.29, 0.717) is 5.69 Å². The van der Waals surface area contributed by atoms with E-state index in [1.807, 2.05) is 29.9 Å². The van der Waals surface area contributed by atoms with Crippen molar-refractivity contribution in [1.29, 1.82) is 0 Å². The van der Waals surface area contributed by atoms with Crippen LogP contribution in [-0.2, 0) is 14.1 Å². The highest BCUT2D eigenvalue weighted by molar-refractivity contribution is 14.1. The second kappa shape index (κ2) is 3.48. The fourth-order valence-electron chi connectivity index (χ4n) is 1.72. The molecule has 1 heterocycles. The Bertz CT molecular complexity index is 560. The standard InChI is InChI=1S/C10H9IN2O2/c1-12-8-4-3-6(11)5-7(8)9(10(14)15)13(12)2/h3-5H,1-2H3/p+1. The molecule has 2 aromatic rings. The molecule has 0 aliphatic heterocycles. The largest absolute Gasteiger partial charge is 0.473 e. The minimum absolute atomic E-state index is 0.325. The molecule has 0 bridgehead atoms. The second-order valence-corrected chi connectivity index (χ2v) is 4.61. The van der Waals surface area contributed by atoms with E-state index in [0.717, 1.165) is 14.5 Å². The van der Waals surface area contributed by atoms with Crippen molar-refractivity contribution >= 4 is 39.5 Å². The zero-order chi connectivity index (χ0) is 11.2. The maximum absolute atomic E-state index is 11.1. The van der Waals surface area contributed by atoms with Gasteiger partial charge in [0.2, 0.25) is 0 Å². The van der Waals surface area contributed by atoms with Crippen molar-refractivity contribution in [2.75, 3.05) is 0 Å². The van der Waals surface area contributed by atoms with Crippen LogP contribution in [0.3, 0.4) is 0 Å². The van der Waals surface area contributed by atoms with E-state index in [-0.39, 0.29) is 0 Å². The molecule has 78 valence electrons. The summed E-state index contributed by atoms with van der Waals surface area (Å²) >= 11 is 2.18. The van der Waals surface area contributed by atoms with Gasteiger partial charge in [-0.05, 0) is 40.8 Å². The van der Waals surface area contributed by atoms with Gasteiger partial charge in [0, 0.05) is 3.57 Å². The first-order valence-electron chi connectivity index (χ1n) is 4.40. The molecule has 0 aliphatic carbocycles. The van der Waals surface area contributed by atoms with Crippen LogP contribution < -0.4 is 4.68 Å². The van der Waals surface area contributed by atoms with Crippen LogP contribution in [0.25, 0.3) is 10.9 Å². The Hall–Kier alpha value is -1.11. The molecule has 1 aromatic heterocycles. The van der Waals surface area contributed by atoms with Crippen molar-refractivity contribution in [2.24, 2.45) is 14.1 Å². The Labute approximate surface area is 100 Å². The Morgan fingerprint density at radius 1 is 1.53 bits per heavy atom. The highest BCUT2D eigenvalue weighted by atomic mass is 127. The van der Waals surface area contributed by atoms with Gasteiger partial charge in [-0.3, -0.25) is 0 Å². The molecule has 0 atom stereocenters. The lowest BCUT2D eigenvalue weighted by Gasteiger charge is -1.91. The van der Waals surface area contributed by atoms with Gasteiger partial charge in [-0.1, -0.05) is 0 Å². The van der Waals surface area contributed by atoms with Gasteiger partial charge in [0.15, 0.2) is 7.05 Å². The number of halogens is 1. The first kappa shape index (κ1) is 10.4. The molecule has 0 amide bonds. The third kappa shape index (κ3) is 1.50. The van der Waals surface area contributed by atoms with Crippen LogP contribution in [0.4, 0.5) is 0 Å². The number of carbonyl (C=O) groups is 1. The SMILES string of the molecule is Cn1c2ccc(I)cc2c(C(=O)O)[n+]1C. The monoisotopic (exact) mass is 317 g/mol. The van der Waals surface area contributed by atoms with E-state index < -0.39 is 5.97 Å². The molecule has 5 heteroatoms. The van der Waals surface area contributed by atoms with E-state index in [1.54, 1.807) is 11.7 Å². The highest BCUT2D eigenvalue weighted by Gasteiger charge is 2.26. The molecule has 0 spiro atoms. The smallest absolute Gasteiger partial charge is 0.404 e. The fraction of sp³-hybridized carbons (Fsp3) is 0.200. The number of carboxylic acid groups (broad SMARTS) is 1. The summed E-state index contributed by atoms with van der Waals surface area (Å²) in [5.74, 6) is -0.898. The van der Waals surface area contributed by atoms with E-state index in [2.05, 4.69) is 22.6 Å². The highest BCUT2D eigenvalue weighted by Crippen LogP contribution is 2.19. The number of aryl methyl sites for hydroxylation is 1. The molecule has 15 heavy (non-hydrogen) atoms. The number of aromatic nitrogens is 2. The number of fused-ring (bicyclic) bond motifs is 1. The van der Waals surface area contributed by atoms with Crippen molar-refractivity contribution in [3.63, 3.8) is 0 Å². The van der Waals surface area contributed by atoms with E-state index >= 15 is 0 Å². The van der Waals surface area contributed by atoms with Crippen LogP contribution in [0.15, 0.2) is 18.2 Å². The Balaban J connectivity index is 2.95. The summed E-state index contributed by atoms with van der Waals surface area (Å²) in [6.45, 7) is 0. The van der Waals surface area contributed by atoms with E-state index in [4.69, 9.17) is 5.11 Å². The summed E-state index contributed by atoms with van der Waals surface area (Å²) in [5.41, 5.74) is 1.25. The summed E-state index contributed by atoms with van der Waals surface area (Å²) in [7, 11) is 3.60. The molecule has 1 aromatic carbocycles. The van der Waals surface area contributed by atoms with Crippen LogP contribution in [0, 0.1) is 3.57 Å². The van der Waals surface area contributed by atoms with Crippen molar-refractivity contribution < 1.29 is 14.6 Å². The summed E-state index contributed by atoms with van der Waals surface area (Å²) < 4.78 is 4.51. The molecule has 0 fully saturated rings. The van der Waals surface area contributed by atoms with Gasteiger partial charge in [0.05, 0.1) is 12.4 Å². The molecular weight excluding hydrogens is 307 g/mol. The number of hydrogen-bond donors (Lipinski definition) is 1. The summed E-state index contributed by atoms with van der Waals surface area (Å²) in [6, 6.07) is 5.79. The summed E-state index contributed by atoms with van der Waals surface area (Å²) in [4.78, 5) is 11.1. The lowest BCUT2D eigenvalue weighted by atomic mass is 10.2. The van der Waals surface area contributed by atoms with Crippen molar-refractivity contribution in [3.05, 3.63) is 27.5 Å². The molecule has 0 saturated carbocycles. The van der Waals surface area contributed by atoms with E-state index in [1.165, 1.54) is 0 Å². The van der Waals surface area contributed by atoms with Crippen LogP contribution in [0.5, 0.6) is 0 Å².